The number of nitrogens with zero attached hydrogens (tertiary/aromatic N) is 2. The first-order valence-corrected chi connectivity index (χ1v) is 7.51. The number of anilines is 1. The monoisotopic (exact) mass is 280 g/mol. The Labute approximate surface area is 115 Å². The lowest BCUT2D eigenvalue weighted by Gasteiger charge is -2.05. The number of nitrogens with one attached hydrogen (secondary N) is 1. The molecule has 0 radical (unpaired) electrons. The zero-order chi connectivity index (χ0) is 13.0. The van der Waals surface area contributed by atoms with Gasteiger partial charge in [-0.25, -0.2) is 5.84 Å². The van der Waals surface area contributed by atoms with E-state index >= 15 is 0 Å². The Balaban J connectivity index is 1.93. The summed E-state index contributed by atoms with van der Waals surface area (Å²) in [4.78, 5) is 1.25. The average Bonchev–Trinajstić information content (AvgIpc) is 2.85. The van der Waals surface area contributed by atoms with Crippen LogP contribution in [0.1, 0.15) is 30.3 Å². The number of hydrogen-bond donors (Lipinski definition) is 2. The molecular formula is C12H16N4S2. The van der Waals surface area contributed by atoms with E-state index < -0.39 is 0 Å². The third-order valence-corrected chi connectivity index (χ3v) is 4.56. The molecule has 0 unspecified atom stereocenters. The number of hydrogen-bond acceptors (Lipinski definition) is 6. The molecule has 0 fully saturated rings. The summed E-state index contributed by atoms with van der Waals surface area (Å²) in [6, 6.07) is 8.67. The van der Waals surface area contributed by atoms with Gasteiger partial charge in [0.25, 0.3) is 0 Å². The molecule has 18 heavy (non-hydrogen) atoms. The van der Waals surface area contributed by atoms with Crippen LogP contribution in [0.25, 0.3) is 0 Å². The van der Waals surface area contributed by atoms with Crippen LogP contribution in [0.5, 0.6) is 0 Å². The van der Waals surface area contributed by atoms with E-state index in [0.29, 0.717) is 11.0 Å². The van der Waals surface area contributed by atoms with Crippen LogP contribution in [0.2, 0.25) is 0 Å². The molecule has 0 spiro atoms. The SMILES string of the molecule is CC(C)c1ccc(SCc2nnc(NN)s2)cc1. The highest BCUT2D eigenvalue weighted by molar-refractivity contribution is 7.98. The Morgan fingerprint density at radius 2 is 2.00 bits per heavy atom. The van der Waals surface area contributed by atoms with Crippen LogP contribution < -0.4 is 11.3 Å². The number of nitrogens with two attached hydrogens (primary N) is 1. The predicted octanol–water partition coefficient (Wildman–Crippen LogP) is 3.24. The molecule has 4 nitrogen and oxygen atoms in total. The van der Waals surface area contributed by atoms with Gasteiger partial charge in [0.1, 0.15) is 5.01 Å². The molecule has 6 heteroatoms. The number of hydrazine groups is 1. The average molecular weight is 280 g/mol. The number of rotatable bonds is 5. The quantitative estimate of drug-likeness (QED) is 0.500. The lowest BCUT2D eigenvalue weighted by molar-refractivity contribution is 0.865. The summed E-state index contributed by atoms with van der Waals surface area (Å²) >= 11 is 3.24. The number of thioether (sulfide) groups is 1. The molecule has 3 N–H and O–H groups in total. The van der Waals surface area contributed by atoms with Gasteiger partial charge >= 0.3 is 0 Å². The van der Waals surface area contributed by atoms with Crippen molar-refractivity contribution in [3.8, 4) is 0 Å². The minimum atomic E-state index is 0.574. The van der Waals surface area contributed by atoms with Crippen molar-refractivity contribution in [1.82, 2.24) is 10.2 Å². The van der Waals surface area contributed by atoms with E-state index in [1.807, 2.05) is 0 Å². The van der Waals surface area contributed by atoms with E-state index in [9.17, 15) is 0 Å². The molecule has 0 saturated heterocycles. The Hall–Kier alpha value is -1.11. The summed E-state index contributed by atoms with van der Waals surface area (Å²) in [5.74, 6) is 6.66. The fourth-order valence-corrected chi connectivity index (χ4v) is 3.00. The van der Waals surface area contributed by atoms with Gasteiger partial charge in [-0.1, -0.05) is 37.3 Å². The van der Waals surface area contributed by atoms with E-state index in [2.05, 4.69) is 53.7 Å². The molecule has 0 atom stereocenters. The minimum Gasteiger partial charge on any atom is -0.298 e. The molecule has 0 aliphatic rings. The smallest absolute Gasteiger partial charge is 0.219 e. The van der Waals surface area contributed by atoms with Crippen molar-refractivity contribution in [1.29, 1.82) is 0 Å². The predicted molar refractivity (Wildman–Crippen MR) is 77.8 cm³/mol. The van der Waals surface area contributed by atoms with Gasteiger partial charge in [0.05, 0.1) is 5.75 Å². The Morgan fingerprint density at radius 3 is 2.56 bits per heavy atom. The van der Waals surface area contributed by atoms with Gasteiger partial charge in [0, 0.05) is 4.90 Å². The van der Waals surface area contributed by atoms with Gasteiger partial charge in [-0.15, -0.1) is 22.0 Å². The lowest BCUT2D eigenvalue weighted by Crippen LogP contribution is -2.05. The van der Waals surface area contributed by atoms with Crippen molar-refractivity contribution in [2.24, 2.45) is 5.84 Å². The highest BCUT2D eigenvalue weighted by Gasteiger charge is 2.04. The lowest BCUT2D eigenvalue weighted by atomic mass is 10.0. The van der Waals surface area contributed by atoms with Crippen molar-refractivity contribution in [2.45, 2.75) is 30.4 Å². The molecule has 0 aliphatic carbocycles. The van der Waals surface area contributed by atoms with Crippen LogP contribution in [0.15, 0.2) is 29.2 Å². The van der Waals surface area contributed by atoms with Crippen LogP contribution in [-0.2, 0) is 5.75 Å². The van der Waals surface area contributed by atoms with Gasteiger partial charge < -0.3 is 0 Å². The topological polar surface area (TPSA) is 63.8 Å². The van der Waals surface area contributed by atoms with Crippen LogP contribution >= 0.6 is 23.1 Å². The first kappa shape index (κ1) is 13.3. The van der Waals surface area contributed by atoms with Crippen LogP contribution in [0.3, 0.4) is 0 Å². The summed E-state index contributed by atoms with van der Waals surface area (Å²) in [7, 11) is 0. The number of aromatic nitrogens is 2. The van der Waals surface area contributed by atoms with Gasteiger partial charge in [-0.3, -0.25) is 5.43 Å². The van der Waals surface area contributed by atoms with Crippen molar-refractivity contribution in [2.75, 3.05) is 5.43 Å². The van der Waals surface area contributed by atoms with Crippen LogP contribution in [0.4, 0.5) is 5.13 Å². The normalized spacial score (nSPS) is 10.9. The zero-order valence-corrected chi connectivity index (χ0v) is 12.0. The Morgan fingerprint density at radius 1 is 1.28 bits per heavy atom. The maximum Gasteiger partial charge on any atom is 0.219 e. The molecule has 2 aromatic rings. The Bertz CT molecular complexity index is 493. The van der Waals surface area contributed by atoms with Gasteiger partial charge in [0.2, 0.25) is 5.13 Å². The van der Waals surface area contributed by atoms with Crippen molar-refractivity contribution in [3.05, 3.63) is 34.8 Å². The molecular weight excluding hydrogens is 264 g/mol. The van der Waals surface area contributed by atoms with Crippen LogP contribution in [0, 0.1) is 0 Å². The highest BCUT2D eigenvalue weighted by Crippen LogP contribution is 2.26. The largest absolute Gasteiger partial charge is 0.298 e. The van der Waals surface area contributed by atoms with E-state index in [1.165, 1.54) is 21.8 Å². The maximum absolute atomic E-state index is 5.27. The summed E-state index contributed by atoms with van der Waals surface area (Å²) in [5, 5.41) is 9.58. The van der Waals surface area contributed by atoms with Crippen molar-refractivity contribution >= 4 is 28.2 Å². The second-order valence-electron chi connectivity index (χ2n) is 4.16. The zero-order valence-electron chi connectivity index (χ0n) is 10.4. The van der Waals surface area contributed by atoms with Gasteiger partial charge in [-0.2, -0.15) is 0 Å². The van der Waals surface area contributed by atoms with Gasteiger partial charge in [-0.05, 0) is 23.6 Å². The molecule has 0 amide bonds. The summed E-state index contributed by atoms with van der Waals surface area (Å²) < 4.78 is 0. The summed E-state index contributed by atoms with van der Waals surface area (Å²) in [6.45, 7) is 4.40. The van der Waals surface area contributed by atoms with Crippen LogP contribution in [-0.4, -0.2) is 10.2 Å². The molecule has 0 saturated carbocycles. The van der Waals surface area contributed by atoms with Crippen molar-refractivity contribution < 1.29 is 0 Å². The van der Waals surface area contributed by atoms with Gasteiger partial charge in [0.15, 0.2) is 0 Å². The summed E-state index contributed by atoms with van der Waals surface area (Å²) in [6.07, 6.45) is 0. The molecule has 96 valence electrons. The maximum atomic E-state index is 5.27. The standard InChI is InChI=1S/C12H16N4S2/c1-8(2)9-3-5-10(6-4-9)17-7-11-15-16-12(14-13)18-11/h3-6,8H,7,13H2,1-2H3,(H,14,16). The first-order valence-electron chi connectivity index (χ1n) is 5.71. The molecule has 0 bridgehead atoms. The molecule has 1 heterocycles. The molecule has 2 rings (SSSR count). The van der Waals surface area contributed by atoms with E-state index in [4.69, 9.17) is 5.84 Å². The number of benzene rings is 1. The number of nitrogen functional groups attached to an aromatic ring is 1. The fourth-order valence-electron chi connectivity index (χ4n) is 1.46. The second kappa shape index (κ2) is 6.17. The van der Waals surface area contributed by atoms with E-state index in [0.717, 1.165) is 10.8 Å². The minimum absolute atomic E-state index is 0.574. The molecule has 1 aromatic carbocycles. The fraction of sp³-hybridized carbons (Fsp3) is 0.333. The highest BCUT2D eigenvalue weighted by atomic mass is 32.2. The van der Waals surface area contributed by atoms with E-state index in [-0.39, 0.29) is 0 Å². The Kier molecular flexibility index (Phi) is 4.57. The second-order valence-corrected chi connectivity index (χ2v) is 6.27. The summed E-state index contributed by atoms with van der Waals surface area (Å²) in [5.41, 5.74) is 3.87. The van der Waals surface area contributed by atoms with Crippen molar-refractivity contribution in [3.63, 3.8) is 0 Å². The van der Waals surface area contributed by atoms with E-state index in [1.54, 1.807) is 11.8 Å². The first-order chi connectivity index (χ1) is 8.69. The molecule has 1 aromatic heterocycles. The molecule has 0 aliphatic heterocycles. The third-order valence-electron chi connectivity index (χ3n) is 2.50. The third kappa shape index (κ3) is 3.44.